The minimum absolute atomic E-state index is 0.0838. The fourth-order valence-electron chi connectivity index (χ4n) is 2.15. The maximum Gasteiger partial charge on any atom is 0.350 e. The highest BCUT2D eigenvalue weighted by atomic mass is 32.1. The van der Waals surface area contributed by atoms with Crippen LogP contribution < -0.4 is 5.32 Å². The van der Waals surface area contributed by atoms with Gasteiger partial charge in [0.15, 0.2) is 5.13 Å². The van der Waals surface area contributed by atoms with E-state index in [4.69, 9.17) is 4.74 Å². The number of ether oxygens (including phenoxy) is 2. The van der Waals surface area contributed by atoms with Crippen LogP contribution >= 0.6 is 11.3 Å². The molecule has 1 amide bonds. The van der Waals surface area contributed by atoms with E-state index in [2.05, 4.69) is 21.1 Å². The number of esters is 1. The van der Waals surface area contributed by atoms with E-state index < -0.39 is 5.97 Å². The topological polar surface area (TPSA) is 77.5 Å². The highest BCUT2D eigenvalue weighted by Gasteiger charge is 2.16. The second-order valence-electron chi connectivity index (χ2n) is 5.40. The highest BCUT2D eigenvalue weighted by Crippen LogP contribution is 2.23. The Morgan fingerprint density at radius 2 is 2.00 bits per heavy atom. The Labute approximate surface area is 144 Å². The number of carbonyl (C=O) groups excluding carboxylic acids is 2. The Morgan fingerprint density at radius 3 is 2.67 bits per heavy atom. The predicted octanol–water partition coefficient (Wildman–Crippen LogP) is 3.01. The van der Waals surface area contributed by atoms with Crippen molar-refractivity contribution in [1.29, 1.82) is 0 Å². The zero-order chi connectivity index (χ0) is 17.7. The first-order valence-electron chi connectivity index (χ1n) is 7.40. The van der Waals surface area contributed by atoms with Crippen LogP contribution in [0.3, 0.4) is 0 Å². The van der Waals surface area contributed by atoms with Crippen LogP contribution in [0.5, 0.6) is 0 Å². The van der Waals surface area contributed by atoms with Crippen LogP contribution in [0.15, 0.2) is 18.2 Å². The maximum atomic E-state index is 11.9. The summed E-state index contributed by atoms with van der Waals surface area (Å²) < 4.78 is 10.1. The van der Waals surface area contributed by atoms with E-state index in [0.29, 0.717) is 22.3 Å². The lowest BCUT2D eigenvalue weighted by Gasteiger charge is -2.08. The third-order valence-electron chi connectivity index (χ3n) is 3.40. The number of rotatable bonds is 6. The molecule has 0 unspecified atom stereocenters. The van der Waals surface area contributed by atoms with Crippen molar-refractivity contribution in [2.45, 2.75) is 27.4 Å². The first kappa shape index (κ1) is 18.1. The van der Waals surface area contributed by atoms with Crippen molar-refractivity contribution in [1.82, 2.24) is 4.98 Å². The number of aryl methyl sites for hydroxylation is 3. The third-order valence-corrected chi connectivity index (χ3v) is 4.46. The maximum absolute atomic E-state index is 11.9. The van der Waals surface area contributed by atoms with Gasteiger partial charge in [-0.2, -0.15) is 0 Å². The number of carbonyl (C=O) groups is 2. The van der Waals surface area contributed by atoms with Crippen molar-refractivity contribution in [2.75, 3.05) is 19.0 Å². The summed E-state index contributed by atoms with van der Waals surface area (Å²) in [5, 5.41) is 2.98. The van der Waals surface area contributed by atoms with Gasteiger partial charge in [0.05, 0.1) is 19.4 Å². The molecule has 1 heterocycles. The van der Waals surface area contributed by atoms with Gasteiger partial charge in [0.1, 0.15) is 11.5 Å². The van der Waals surface area contributed by atoms with Gasteiger partial charge in [0, 0.05) is 0 Å². The summed E-state index contributed by atoms with van der Waals surface area (Å²) in [5.41, 5.74) is 3.90. The number of nitrogens with zero attached hydrogens (tertiary/aromatic N) is 1. The fourth-order valence-corrected chi connectivity index (χ4v) is 3.05. The summed E-state index contributed by atoms with van der Waals surface area (Å²) >= 11 is 1.08. The molecule has 0 radical (unpaired) electrons. The number of nitrogens with one attached hydrogen (secondary N) is 1. The lowest BCUT2D eigenvalue weighted by molar-refractivity contribution is -0.121. The van der Waals surface area contributed by atoms with E-state index in [1.807, 2.05) is 26.0 Å². The first-order chi connectivity index (χ1) is 11.4. The molecule has 2 aromatic rings. The van der Waals surface area contributed by atoms with E-state index in [9.17, 15) is 9.59 Å². The zero-order valence-corrected chi connectivity index (χ0v) is 15.0. The molecular weight excluding hydrogens is 328 g/mol. The molecule has 0 fully saturated rings. The summed E-state index contributed by atoms with van der Waals surface area (Å²) in [4.78, 5) is 28.0. The average molecular weight is 348 g/mol. The highest BCUT2D eigenvalue weighted by molar-refractivity contribution is 7.17. The van der Waals surface area contributed by atoms with Crippen LogP contribution in [0.25, 0.3) is 0 Å². The monoisotopic (exact) mass is 348 g/mol. The average Bonchev–Trinajstić information content (AvgIpc) is 2.89. The SMILES string of the molecule is COC(=O)c1sc(NC(=O)COCc2ccc(C)cc2C)nc1C. The molecule has 1 N–H and O–H groups in total. The van der Waals surface area contributed by atoms with Crippen molar-refractivity contribution in [3.05, 3.63) is 45.5 Å². The van der Waals surface area contributed by atoms with E-state index in [1.165, 1.54) is 12.7 Å². The number of hydrogen-bond acceptors (Lipinski definition) is 6. The molecule has 24 heavy (non-hydrogen) atoms. The van der Waals surface area contributed by atoms with E-state index in [1.54, 1.807) is 6.92 Å². The molecular formula is C17H20N2O4S. The third kappa shape index (κ3) is 4.62. The van der Waals surface area contributed by atoms with Gasteiger partial charge in [-0.25, -0.2) is 9.78 Å². The van der Waals surface area contributed by atoms with Gasteiger partial charge in [0.25, 0.3) is 5.91 Å². The first-order valence-corrected chi connectivity index (χ1v) is 8.22. The Morgan fingerprint density at radius 1 is 1.25 bits per heavy atom. The summed E-state index contributed by atoms with van der Waals surface area (Å²) in [6, 6.07) is 6.08. The van der Waals surface area contributed by atoms with Crippen molar-refractivity contribution in [3.63, 3.8) is 0 Å². The number of hydrogen-bond donors (Lipinski definition) is 1. The van der Waals surface area contributed by atoms with Crippen LogP contribution in [0.2, 0.25) is 0 Å². The Hall–Kier alpha value is -2.25. The summed E-state index contributed by atoms with van der Waals surface area (Å²) in [7, 11) is 1.31. The van der Waals surface area contributed by atoms with Crippen molar-refractivity contribution < 1.29 is 19.1 Å². The molecule has 0 aliphatic rings. The lowest BCUT2D eigenvalue weighted by Crippen LogP contribution is -2.18. The van der Waals surface area contributed by atoms with Crippen molar-refractivity contribution >= 4 is 28.3 Å². The summed E-state index contributed by atoms with van der Waals surface area (Å²) in [5.74, 6) is -0.776. The Kier molecular flexibility index (Phi) is 6.05. The molecule has 2 rings (SSSR count). The minimum Gasteiger partial charge on any atom is -0.465 e. The second-order valence-corrected chi connectivity index (χ2v) is 6.40. The molecule has 6 nitrogen and oxygen atoms in total. The number of thiazole rings is 1. The molecule has 128 valence electrons. The van der Waals surface area contributed by atoms with Crippen LogP contribution in [-0.4, -0.2) is 30.6 Å². The lowest BCUT2D eigenvalue weighted by atomic mass is 10.1. The summed E-state index contributed by atoms with van der Waals surface area (Å²) in [6.07, 6.45) is 0. The Balaban J connectivity index is 1.86. The molecule has 1 aromatic heterocycles. The van der Waals surface area contributed by atoms with Crippen LogP contribution in [0.4, 0.5) is 5.13 Å². The molecule has 0 aliphatic heterocycles. The fraction of sp³-hybridized carbons (Fsp3) is 0.353. The largest absolute Gasteiger partial charge is 0.465 e. The van der Waals surface area contributed by atoms with Gasteiger partial charge in [-0.15, -0.1) is 0 Å². The van der Waals surface area contributed by atoms with Gasteiger partial charge in [-0.05, 0) is 31.9 Å². The van der Waals surface area contributed by atoms with Crippen molar-refractivity contribution in [2.24, 2.45) is 0 Å². The molecule has 0 saturated carbocycles. The van der Waals surface area contributed by atoms with Gasteiger partial charge >= 0.3 is 5.97 Å². The number of methoxy groups -OCH3 is 1. The van der Waals surface area contributed by atoms with Crippen LogP contribution in [0, 0.1) is 20.8 Å². The second kappa shape index (κ2) is 8.03. The smallest absolute Gasteiger partial charge is 0.350 e. The normalized spacial score (nSPS) is 10.5. The van der Waals surface area contributed by atoms with Gasteiger partial charge in [-0.1, -0.05) is 35.1 Å². The number of benzene rings is 1. The van der Waals surface area contributed by atoms with Gasteiger partial charge in [-0.3, -0.25) is 10.1 Å². The molecule has 1 aromatic carbocycles. The van der Waals surface area contributed by atoms with E-state index in [0.717, 1.165) is 22.5 Å². The number of anilines is 1. The van der Waals surface area contributed by atoms with Gasteiger partial charge < -0.3 is 9.47 Å². The van der Waals surface area contributed by atoms with E-state index >= 15 is 0 Å². The molecule has 0 bridgehead atoms. The number of aromatic nitrogens is 1. The zero-order valence-electron chi connectivity index (χ0n) is 14.1. The van der Waals surface area contributed by atoms with Crippen molar-refractivity contribution in [3.8, 4) is 0 Å². The molecule has 0 aliphatic carbocycles. The number of amides is 1. The molecule has 0 atom stereocenters. The van der Waals surface area contributed by atoms with Crippen LogP contribution in [-0.2, 0) is 20.9 Å². The predicted molar refractivity (Wildman–Crippen MR) is 92.4 cm³/mol. The van der Waals surface area contributed by atoms with Crippen LogP contribution in [0.1, 0.15) is 32.1 Å². The molecule has 0 spiro atoms. The Bertz CT molecular complexity index is 755. The van der Waals surface area contributed by atoms with E-state index in [-0.39, 0.29) is 12.5 Å². The minimum atomic E-state index is -0.461. The van der Waals surface area contributed by atoms with Gasteiger partial charge in [0.2, 0.25) is 0 Å². The molecule has 7 heteroatoms. The molecule has 0 saturated heterocycles. The standard InChI is InChI=1S/C17H20N2O4S/c1-10-5-6-13(11(2)7-10)8-23-9-14(20)19-17-18-12(3)15(24-17)16(21)22-4/h5-7H,8-9H2,1-4H3,(H,18,19,20). The summed E-state index contributed by atoms with van der Waals surface area (Å²) in [6.45, 7) is 6.01. The quantitative estimate of drug-likeness (QED) is 0.812.